The Balaban J connectivity index is 2.07. The van der Waals surface area contributed by atoms with Gasteiger partial charge in [-0.3, -0.25) is 10.1 Å². The molecule has 0 amide bonds. The molecular weight excluding hydrogens is 230 g/mol. The number of anilines is 1. The van der Waals surface area contributed by atoms with Crippen molar-refractivity contribution < 1.29 is 4.92 Å². The number of hydrogen-bond donors (Lipinski definition) is 0. The van der Waals surface area contributed by atoms with Crippen molar-refractivity contribution >= 4 is 11.5 Å². The fourth-order valence-electron chi connectivity index (χ4n) is 1.92. The Hall–Kier alpha value is -1.65. The Morgan fingerprint density at radius 2 is 2.22 bits per heavy atom. The first-order valence-corrected chi connectivity index (χ1v) is 6.45. The lowest BCUT2D eigenvalue weighted by atomic mass is 10.1. The summed E-state index contributed by atoms with van der Waals surface area (Å²) < 4.78 is 0. The molecule has 5 nitrogen and oxygen atoms in total. The van der Waals surface area contributed by atoms with Crippen LogP contribution in [0.25, 0.3) is 0 Å². The summed E-state index contributed by atoms with van der Waals surface area (Å²) >= 11 is 0. The quantitative estimate of drug-likeness (QED) is 0.574. The molecule has 0 unspecified atom stereocenters. The topological polar surface area (TPSA) is 59.3 Å². The van der Waals surface area contributed by atoms with Crippen LogP contribution < -0.4 is 4.90 Å². The molecule has 1 fully saturated rings. The van der Waals surface area contributed by atoms with Gasteiger partial charge in [0.1, 0.15) is 12.0 Å². The predicted molar refractivity (Wildman–Crippen MR) is 70.7 cm³/mol. The van der Waals surface area contributed by atoms with Crippen molar-refractivity contribution in [2.24, 2.45) is 5.92 Å². The molecule has 0 spiro atoms. The molecule has 1 aromatic rings. The molecule has 2 rings (SSSR count). The standard InChI is InChI=1S/C13H19N3O2/c1-10(2)7-8-15(11-3-4-11)13-6-5-12(9-14-13)16(17)18/h5-6,9-11H,3-4,7-8H2,1-2H3. The van der Waals surface area contributed by atoms with Gasteiger partial charge in [0.15, 0.2) is 0 Å². The van der Waals surface area contributed by atoms with Crippen molar-refractivity contribution in [2.75, 3.05) is 11.4 Å². The highest BCUT2D eigenvalue weighted by Crippen LogP contribution is 2.31. The van der Waals surface area contributed by atoms with Gasteiger partial charge in [0.05, 0.1) is 4.92 Å². The molecule has 0 atom stereocenters. The molecular formula is C13H19N3O2. The summed E-state index contributed by atoms with van der Waals surface area (Å²) in [5.41, 5.74) is 0.0540. The van der Waals surface area contributed by atoms with Crippen LogP contribution >= 0.6 is 0 Å². The van der Waals surface area contributed by atoms with Crippen molar-refractivity contribution in [3.63, 3.8) is 0 Å². The Kier molecular flexibility index (Phi) is 3.79. The summed E-state index contributed by atoms with van der Waals surface area (Å²) in [4.78, 5) is 16.7. The summed E-state index contributed by atoms with van der Waals surface area (Å²) in [5, 5.41) is 10.6. The summed E-state index contributed by atoms with van der Waals surface area (Å²) in [6.07, 6.45) is 4.88. The first-order valence-electron chi connectivity index (χ1n) is 6.45. The van der Waals surface area contributed by atoms with Crippen molar-refractivity contribution in [1.29, 1.82) is 0 Å². The number of pyridine rings is 1. The second kappa shape index (κ2) is 5.33. The largest absolute Gasteiger partial charge is 0.354 e. The first kappa shape index (κ1) is 12.8. The Bertz CT molecular complexity index is 413. The third-order valence-corrected chi connectivity index (χ3v) is 3.17. The van der Waals surface area contributed by atoms with Gasteiger partial charge in [-0.05, 0) is 31.2 Å². The van der Waals surface area contributed by atoms with E-state index in [-0.39, 0.29) is 5.69 Å². The van der Waals surface area contributed by atoms with Crippen LogP contribution in [0.3, 0.4) is 0 Å². The van der Waals surface area contributed by atoms with E-state index < -0.39 is 4.92 Å². The van der Waals surface area contributed by atoms with Crippen molar-refractivity contribution in [1.82, 2.24) is 4.98 Å². The monoisotopic (exact) mass is 249 g/mol. The van der Waals surface area contributed by atoms with E-state index in [1.165, 1.54) is 25.1 Å². The highest BCUT2D eigenvalue weighted by atomic mass is 16.6. The summed E-state index contributed by atoms with van der Waals surface area (Å²) in [6.45, 7) is 5.38. The number of aromatic nitrogens is 1. The smallest absolute Gasteiger partial charge is 0.287 e. The summed E-state index contributed by atoms with van der Waals surface area (Å²) in [7, 11) is 0. The van der Waals surface area contributed by atoms with Crippen LogP contribution in [0.2, 0.25) is 0 Å². The Morgan fingerprint density at radius 1 is 1.50 bits per heavy atom. The van der Waals surface area contributed by atoms with E-state index in [1.54, 1.807) is 6.07 Å². The number of hydrogen-bond acceptors (Lipinski definition) is 4. The van der Waals surface area contributed by atoms with Crippen LogP contribution in [0.5, 0.6) is 0 Å². The van der Waals surface area contributed by atoms with E-state index in [1.807, 2.05) is 0 Å². The van der Waals surface area contributed by atoms with Gasteiger partial charge in [-0.1, -0.05) is 13.8 Å². The maximum atomic E-state index is 10.6. The number of nitro groups is 1. The van der Waals surface area contributed by atoms with Gasteiger partial charge in [-0.2, -0.15) is 0 Å². The van der Waals surface area contributed by atoms with Gasteiger partial charge in [-0.15, -0.1) is 0 Å². The van der Waals surface area contributed by atoms with Crippen LogP contribution in [-0.2, 0) is 0 Å². The zero-order valence-electron chi connectivity index (χ0n) is 10.9. The van der Waals surface area contributed by atoms with Crippen LogP contribution in [0, 0.1) is 16.0 Å². The highest BCUT2D eigenvalue weighted by Gasteiger charge is 2.29. The van der Waals surface area contributed by atoms with Gasteiger partial charge in [0, 0.05) is 18.7 Å². The SMILES string of the molecule is CC(C)CCN(c1ccc([N+](=O)[O-])cn1)C1CC1. The molecule has 0 bridgehead atoms. The van der Waals surface area contributed by atoms with Gasteiger partial charge in [0.2, 0.25) is 0 Å². The number of rotatable bonds is 6. The fraction of sp³-hybridized carbons (Fsp3) is 0.615. The second-order valence-corrected chi connectivity index (χ2v) is 5.24. The molecule has 0 radical (unpaired) electrons. The van der Waals surface area contributed by atoms with Crippen molar-refractivity contribution in [3.05, 3.63) is 28.4 Å². The van der Waals surface area contributed by atoms with E-state index in [4.69, 9.17) is 0 Å². The normalized spacial score (nSPS) is 14.8. The molecule has 1 heterocycles. The van der Waals surface area contributed by atoms with Crippen LogP contribution in [-0.4, -0.2) is 22.5 Å². The number of nitrogens with zero attached hydrogens (tertiary/aromatic N) is 3. The van der Waals surface area contributed by atoms with E-state index in [9.17, 15) is 10.1 Å². The van der Waals surface area contributed by atoms with Gasteiger partial charge < -0.3 is 4.90 Å². The zero-order valence-corrected chi connectivity index (χ0v) is 10.9. The lowest BCUT2D eigenvalue weighted by Gasteiger charge is -2.24. The summed E-state index contributed by atoms with van der Waals surface area (Å²) in [5.74, 6) is 1.52. The second-order valence-electron chi connectivity index (χ2n) is 5.24. The van der Waals surface area contributed by atoms with Gasteiger partial charge in [0.25, 0.3) is 5.69 Å². The maximum Gasteiger partial charge on any atom is 0.287 e. The van der Waals surface area contributed by atoms with Gasteiger partial charge in [-0.25, -0.2) is 4.98 Å². The average Bonchev–Trinajstić information content (AvgIpc) is 3.14. The third-order valence-electron chi connectivity index (χ3n) is 3.17. The fourth-order valence-corrected chi connectivity index (χ4v) is 1.92. The Morgan fingerprint density at radius 3 is 2.67 bits per heavy atom. The van der Waals surface area contributed by atoms with Crippen molar-refractivity contribution in [2.45, 2.75) is 39.2 Å². The minimum Gasteiger partial charge on any atom is -0.354 e. The van der Waals surface area contributed by atoms with E-state index in [2.05, 4.69) is 23.7 Å². The molecule has 98 valence electrons. The molecule has 1 aliphatic rings. The third kappa shape index (κ3) is 3.18. The summed E-state index contributed by atoms with van der Waals surface area (Å²) in [6, 6.07) is 3.88. The van der Waals surface area contributed by atoms with Gasteiger partial charge >= 0.3 is 0 Å². The van der Waals surface area contributed by atoms with Crippen LogP contribution in [0.4, 0.5) is 11.5 Å². The highest BCUT2D eigenvalue weighted by molar-refractivity contribution is 5.45. The minimum absolute atomic E-state index is 0.0540. The van der Waals surface area contributed by atoms with E-state index >= 15 is 0 Å². The predicted octanol–water partition coefficient (Wildman–Crippen LogP) is 3.00. The molecule has 1 saturated carbocycles. The molecule has 1 aromatic heterocycles. The molecule has 5 heteroatoms. The molecule has 0 saturated heterocycles. The van der Waals surface area contributed by atoms with Crippen molar-refractivity contribution in [3.8, 4) is 0 Å². The van der Waals surface area contributed by atoms with E-state index in [0.29, 0.717) is 12.0 Å². The molecule has 1 aliphatic carbocycles. The zero-order chi connectivity index (χ0) is 13.1. The minimum atomic E-state index is -0.410. The molecule has 0 N–H and O–H groups in total. The average molecular weight is 249 g/mol. The molecule has 18 heavy (non-hydrogen) atoms. The lowest BCUT2D eigenvalue weighted by Crippen LogP contribution is -2.28. The molecule has 0 aliphatic heterocycles. The lowest BCUT2D eigenvalue weighted by molar-refractivity contribution is -0.385. The van der Waals surface area contributed by atoms with Crippen LogP contribution in [0.1, 0.15) is 33.1 Å². The Labute approximate surface area is 107 Å². The maximum absolute atomic E-state index is 10.6. The molecule has 0 aromatic carbocycles. The van der Waals surface area contributed by atoms with Crippen LogP contribution in [0.15, 0.2) is 18.3 Å². The first-order chi connectivity index (χ1) is 8.58. The van der Waals surface area contributed by atoms with E-state index in [0.717, 1.165) is 18.8 Å².